The number of methoxy groups -OCH3 is 1. The molecule has 1 amide bonds. The molecular weight excluding hydrogens is 444 g/mol. The van der Waals surface area contributed by atoms with Gasteiger partial charge < -0.3 is 20.1 Å². The van der Waals surface area contributed by atoms with Gasteiger partial charge in [-0.1, -0.05) is 49.5 Å². The van der Waals surface area contributed by atoms with E-state index in [2.05, 4.69) is 33.1 Å². The van der Waals surface area contributed by atoms with Crippen molar-refractivity contribution in [1.29, 1.82) is 0 Å². The molecule has 1 aliphatic heterocycles. The number of tetrazole rings is 1. The molecule has 9 heteroatoms. The van der Waals surface area contributed by atoms with E-state index in [1.807, 2.05) is 56.3 Å². The lowest BCUT2D eigenvalue weighted by molar-refractivity contribution is -0.113. The summed E-state index contributed by atoms with van der Waals surface area (Å²) in [6, 6.07) is 12.8. The number of aromatic nitrogens is 4. The lowest BCUT2D eigenvalue weighted by atomic mass is 9.94. The Hall–Kier alpha value is -3.88. The molecule has 35 heavy (non-hydrogen) atoms. The molecule has 3 aromatic rings. The normalized spacial score (nSPS) is 14.8. The number of ether oxygens (including phenoxy) is 2. The number of carbonyl (C=O) groups excluding carboxylic acids is 1. The largest absolute Gasteiger partial charge is 0.493 e. The Morgan fingerprint density at radius 2 is 1.97 bits per heavy atom. The van der Waals surface area contributed by atoms with Gasteiger partial charge >= 0.3 is 0 Å². The Morgan fingerprint density at radius 1 is 1.11 bits per heavy atom. The zero-order chi connectivity index (χ0) is 24.8. The van der Waals surface area contributed by atoms with Crippen molar-refractivity contribution >= 4 is 17.5 Å². The van der Waals surface area contributed by atoms with Crippen LogP contribution in [0.1, 0.15) is 56.7 Å². The zero-order valence-electron chi connectivity index (χ0n) is 20.7. The van der Waals surface area contributed by atoms with Gasteiger partial charge in [0, 0.05) is 11.4 Å². The van der Waals surface area contributed by atoms with Crippen molar-refractivity contribution in [3.05, 3.63) is 64.9 Å². The van der Waals surface area contributed by atoms with Gasteiger partial charge in [0.2, 0.25) is 5.95 Å². The summed E-state index contributed by atoms with van der Waals surface area (Å²) < 4.78 is 13.2. The fourth-order valence-corrected chi connectivity index (χ4v) is 4.22. The molecule has 1 aliphatic rings. The molecule has 0 bridgehead atoms. The molecule has 1 atom stereocenters. The van der Waals surface area contributed by atoms with E-state index in [1.54, 1.807) is 11.8 Å². The number of carbonyl (C=O) groups is 1. The first kappa shape index (κ1) is 24.3. The number of benzene rings is 2. The number of hydrogen-bond donors (Lipinski definition) is 2. The number of allylic oxidation sites excluding steroid dienone is 1. The van der Waals surface area contributed by atoms with Crippen LogP contribution in [0.25, 0.3) is 0 Å². The standard InChI is InChI=1S/C26H32N6O3/c1-5-6-7-8-14-35-21-13-12-19(16-22(21)34-4)24-23(18(3)27-26-29-30-31-32(24)26)25(33)28-20-11-9-10-17(2)15-20/h9-13,15-16,24H,5-8,14H2,1-4H3,(H,28,33)(H,27,29,31). The maximum absolute atomic E-state index is 13.5. The molecule has 0 saturated carbocycles. The fourth-order valence-electron chi connectivity index (χ4n) is 4.22. The average Bonchev–Trinajstić information content (AvgIpc) is 3.31. The smallest absolute Gasteiger partial charge is 0.255 e. The Morgan fingerprint density at radius 3 is 2.74 bits per heavy atom. The minimum atomic E-state index is -0.543. The second-order valence-corrected chi connectivity index (χ2v) is 8.66. The average molecular weight is 477 g/mol. The summed E-state index contributed by atoms with van der Waals surface area (Å²) in [7, 11) is 1.61. The predicted octanol–water partition coefficient (Wildman–Crippen LogP) is 4.88. The molecule has 1 aromatic heterocycles. The second kappa shape index (κ2) is 11.0. The Kier molecular flexibility index (Phi) is 7.64. The molecule has 0 fully saturated rings. The maximum atomic E-state index is 13.5. The molecule has 2 heterocycles. The van der Waals surface area contributed by atoms with Crippen LogP contribution in [0.15, 0.2) is 53.7 Å². The van der Waals surface area contributed by atoms with Gasteiger partial charge in [0.15, 0.2) is 11.5 Å². The topological polar surface area (TPSA) is 103 Å². The van der Waals surface area contributed by atoms with Gasteiger partial charge in [-0.05, 0) is 66.1 Å². The quantitative estimate of drug-likeness (QED) is 0.402. The summed E-state index contributed by atoms with van der Waals surface area (Å²) in [5, 5.41) is 18.2. The SMILES string of the molecule is CCCCCCOc1ccc(C2C(C(=O)Nc3cccc(C)c3)=C(C)Nc3nnnn32)cc1OC. The van der Waals surface area contributed by atoms with Gasteiger partial charge in [-0.2, -0.15) is 4.68 Å². The number of rotatable bonds is 10. The van der Waals surface area contributed by atoms with Crippen molar-refractivity contribution in [2.75, 3.05) is 24.4 Å². The van der Waals surface area contributed by atoms with Gasteiger partial charge in [0.05, 0.1) is 19.3 Å². The van der Waals surface area contributed by atoms with E-state index in [1.165, 1.54) is 12.8 Å². The van der Waals surface area contributed by atoms with Crippen molar-refractivity contribution in [1.82, 2.24) is 20.2 Å². The van der Waals surface area contributed by atoms with E-state index in [0.717, 1.165) is 29.7 Å². The van der Waals surface area contributed by atoms with Gasteiger partial charge in [-0.25, -0.2) is 0 Å². The van der Waals surface area contributed by atoms with E-state index in [0.29, 0.717) is 35.3 Å². The number of nitrogens with zero attached hydrogens (tertiary/aromatic N) is 4. The summed E-state index contributed by atoms with van der Waals surface area (Å²) >= 11 is 0. The number of hydrogen-bond acceptors (Lipinski definition) is 7. The van der Waals surface area contributed by atoms with Gasteiger partial charge in [0.25, 0.3) is 5.91 Å². The molecule has 1 unspecified atom stereocenters. The summed E-state index contributed by atoms with van der Waals surface area (Å²) in [6.45, 7) is 6.65. The highest BCUT2D eigenvalue weighted by molar-refractivity contribution is 6.06. The maximum Gasteiger partial charge on any atom is 0.255 e. The minimum absolute atomic E-state index is 0.234. The molecular formula is C26H32N6O3. The van der Waals surface area contributed by atoms with Crippen LogP contribution in [0.3, 0.4) is 0 Å². The highest BCUT2D eigenvalue weighted by Gasteiger charge is 2.34. The summed E-state index contributed by atoms with van der Waals surface area (Å²) in [5.41, 5.74) is 3.79. The third-order valence-corrected chi connectivity index (χ3v) is 5.99. The molecule has 0 aliphatic carbocycles. The zero-order valence-corrected chi connectivity index (χ0v) is 20.7. The Balaban J connectivity index is 1.64. The minimum Gasteiger partial charge on any atom is -0.493 e. The molecule has 4 rings (SSSR count). The summed E-state index contributed by atoms with van der Waals surface area (Å²) in [5.74, 6) is 1.50. The van der Waals surface area contributed by atoms with E-state index in [-0.39, 0.29) is 5.91 Å². The molecule has 0 spiro atoms. The number of fused-ring (bicyclic) bond motifs is 1. The van der Waals surface area contributed by atoms with Gasteiger partial charge in [0.1, 0.15) is 6.04 Å². The van der Waals surface area contributed by atoms with Crippen molar-refractivity contribution in [2.45, 2.75) is 52.5 Å². The first-order chi connectivity index (χ1) is 17.0. The number of aryl methyl sites for hydroxylation is 1. The van der Waals surface area contributed by atoms with E-state index >= 15 is 0 Å². The third kappa shape index (κ3) is 5.45. The monoisotopic (exact) mass is 476 g/mol. The molecule has 0 radical (unpaired) electrons. The first-order valence-electron chi connectivity index (χ1n) is 12.0. The number of nitrogens with one attached hydrogen (secondary N) is 2. The van der Waals surface area contributed by atoms with Crippen molar-refractivity contribution in [3.63, 3.8) is 0 Å². The number of unbranched alkanes of at least 4 members (excludes halogenated alkanes) is 3. The molecule has 0 saturated heterocycles. The van der Waals surface area contributed by atoms with Crippen LogP contribution < -0.4 is 20.1 Å². The second-order valence-electron chi connectivity index (χ2n) is 8.66. The molecule has 184 valence electrons. The molecule has 9 nitrogen and oxygen atoms in total. The highest BCUT2D eigenvalue weighted by Crippen LogP contribution is 2.38. The third-order valence-electron chi connectivity index (χ3n) is 5.99. The Bertz CT molecular complexity index is 1220. The van der Waals surface area contributed by atoms with Crippen LogP contribution in [0.4, 0.5) is 11.6 Å². The number of amides is 1. The van der Waals surface area contributed by atoms with Crippen molar-refractivity contribution in [3.8, 4) is 11.5 Å². The van der Waals surface area contributed by atoms with Crippen LogP contribution in [-0.2, 0) is 4.79 Å². The van der Waals surface area contributed by atoms with Crippen LogP contribution >= 0.6 is 0 Å². The fraction of sp³-hybridized carbons (Fsp3) is 0.385. The predicted molar refractivity (Wildman–Crippen MR) is 135 cm³/mol. The van der Waals surface area contributed by atoms with Gasteiger partial charge in [-0.15, -0.1) is 0 Å². The highest BCUT2D eigenvalue weighted by atomic mass is 16.5. The molecule has 2 N–H and O–H groups in total. The number of anilines is 2. The van der Waals surface area contributed by atoms with Crippen molar-refractivity contribution < 1.29 is 14.3 Å². The van der Waals surface area contributed by atoms with E-state index in [9.17, 15) is 4.79 Å². The van der Waals surface area contributed by atoms with E-state index < -0.39 is 6.04 Å². The summed E-state index contributed by atoms with van der Waals surface area (Å²) in [6.07, 6.45) is 4.51. The lowest BCUT2D eigenvalue weighted by Crippen LogP contribution is -2.31. The summed E-state index contributed by atoms with van der Waals surface area (Å²) in [4.78, 5) is 13.5. The van der Waals surface area contributed by atoms with Gasteiger partial charge in [-0.3, -0.25) is 4.79 Å². The first-order valence-corrected chi connectivity index (χ1v) is 12.0. The van der Waals surface area contributed by atoms with Crippen LogP contribution in [0.2, 0.25) is 0 Å². The van der Waals surface area contributed by atoms with Crippen molar-refractivity contribution in [2.24, 2.45) is 0 Å². The van der Waals surface area contributed by atoms with E-state index in [4.69, 9.17) is 9.47 Å². The Labute approximate surface area is 205 Å². The molecule has 2 aromatic carbocycles. The van der Waals surface area contributed by atoms with Crippen LogP contribution in [0, 0.1) is 6.92 Å². The van der Waals surface area contributed by atoms with Crippen LogP contribution in [-0.4, -0.2) is 39.8 Å². The lowest BCUT2D eigenvalue weighted by Gasteiger charge is -2.28. The van der Waals surface area contributed by atoms with Crippen LogP contribution in [0.5, 0.6) is 11.5 Å².